The summed E-state index contributed by atoms with van der Waals surface area (Å²) in [4.78, 5) is 69.3. The van der Waals surface area contributed by atoms with Crippen LogP contribution >= 0.6 is 11.6 Å². The van der Waals surface area contributed by atoms with Gasteiger partial charge in [0.2, 0.25) is 5.60 Å². The molecule has 0 aromatic carbocycles. The monoisotopic (exact) mass is 1230 g/mol. The van der Waals surface area contributed by atoms with Crippen molar-refractivity contribution in [2.45, 2.75) is 178 Å². The van der Waals surface area contributed by atoms with Gasteiger partial charge in [0, 0.05) is 24.4 Å². The molecule has 6 atom stereocenters. The highest BCUT2D eigenvalue weighted by atomic mass is 35.5. The fourth-order valence-corrected chi connectivity index (χ4v) is 16.4. The number of imidazole rings is 2. The number of fused-ring (bicyclic) bond motifs is 2. The van der Waals surface area contributed by atoms with E-state index in [9.17, 15) is 33.1 Å². The van der Waals surface area contributed by atoms with Crippen LogP contribution in [0.4, 0.5) is 39.6 Å². The third-order valence-electron chi connectivity index (χ3n) is 19.1. The molecule has 472 valence electrons. The number of nitrogens with two attached hydrogens (primary N) is 2. The predicted molar refractivity (Wildman–Crippen MR) is 306 cm³/mol. The number of hydrogen-bond acceptors (Lipinski definition) is 22. The number of terminal acetylenes is 2. The van der Waals surface area contributed by atoms with Gasteiger partial charge in [0.05, 0.1) is 39.1 Å². The van der Waals surface area contributed by atoms with E-state index in [1.54, 1.807) is 13.8 Å². The van der Waals surface area contributed by atoms with Crippen molar-refractivity contribution in [3.8, 4) is 24.7 Å². The molecule has 2 aliphatic heterocycles. The van der Waals surface area contributed by atoms with Gasteiger partial charge in [0.25, 0.3) is 0 Å². The van der Waals surface area contributed by atoms with Crippen molar-refractivity contribution < 1.29 is 75.7 Å². The molecule has 0 radical (unpaired) electrons. The lowest BCUT2D eigenvalue weighted by atomic mass is 9.48. The third kappa shape index (κ3) is 14.3. The summed E-state index contributed by atoms with van der Waals surface area (Å²) >= 11 is 4.72. The number of ether oxygens (including phenoxy) is 9. The van der Waals surface area contributed by atoms with E-state index in [2.05, 4.69) is 46.5 Å². The lowest BCUT2D eigenvalue weighted by Gasteiger charge is -2.57. The second kappa shape index (κ2) is 26.8. The minimum atomic E-state index is -1.69. The molecular formula is C60H77ClF2N10O14. The Labute approximate surface area is 507 Å². The zero-order valence-electron chi connectivity index (χ0n) is 49.1. The molecule has 6 heterocycles. The highest BCUT2D eigenvalue weighted by Gasteiger charge is 2.55. The number of halogens is 3. The number of carbonyl (C=O) groups excluding carboxylic acids is 4. The van der Waals surface area contributed by atoms with Crippen LogP contribution in [0.2, 0.25) is 0 Å². The average molecular weight is 1240 g/mol. The molecule has 2 saturated heterocycles. The molecule has 0 spiro atoms. The van der Waals surface area contributed by atoms with Crippen molar-refractivity contribution in [1.29, 1.82) is 0 Å². The zero-order chi connectivity index (χ0) is 61.7. The Morgan fingerprint density at radius 1 is 0.609 bits per heavy atom. The fraction of sp³-hybridized carbons (Fsp3) is 0.700. The number of anilines is 2. The van der Waals surface area contributed by atoms with Gasteiger partial charge in [0.15, 0.2) is 45.7 Å². The van der Waals surface area contributed by atoms with Crippen LogP contribution in [0.15, 0.2) is 12.7 Å². The van der Waals surface area contributed by atoms with Crippen LogP contribution < -0.4 is 11.5 Å². The Bertz CT molecular complexity index is 3160. The SMILES string of the molecule is C#C[C@]1(COC(=O)OCCCCC23CC4CC(CC(C4)C2)C3)O[C@@H](n2cnc3c(N)nc(F)nc32)C[C@@H]1O.C#C[C@]1(COC(=O)OCCCCC23CC4CC(CC(C4)C2)C3)O[C@@H](n2cnc3c(N)nc(F)nc32)C[C@@H]1OC(=O)OCC.CCOC(=O)Cl. The Morgan fingerprint density at radius 3 is 1.43 bits per heavy atom. The standard InChI is InChI=1S/C30H38FN5O7.C27H34FN5O5.C3H5ClO2/c1-3-30(16-41-27(37)40-8-6-5-7-29-13-18-9-19(14-29)11-20(10-18)15-29)21(42-28(38)39-4-2)12-22(43-30)36-17-33-23-24(32)34-26(31)35-25(23)36;1-2-27(19(34)10-20(38-27)33-15-30-21-22(29)31-24(28)32-23(21)33)14-37-25(35)36-6-4-3-5-26-11-16-7-17(12-26)9-18(8-16)13-26;1-2-6-3(4)5/h1,17-22H,4-16H2,2H3,(H2,32,34,35);1,15-20,34H,3-14H2,(H2,29,31,32);2H2,1H3/t18?,19?,20?,21-,22+,29?,30+;16?,17?,18?,19-,20+,26?,27+;/m00./s1. The molecule has 5 N–H and O–H groups in total. The van der Waals surface area contributed by atoms with Gasteiger partial charge in [-0.25, -0.2) is 29.1 Å². The van der Waals surface area contributed by atoms with Crippen molar-refractivity contribution in [2.24, 2.45) is 46.3 Å². The van der Waals surface area contributed by atoms with Crippen LogP contribution in [-0.2, 0) is 42.6 Å². The highest BCUT2D eigenvalue weighted by molar-refractivity contribution is 6.61. The van der Waals surface area contributed by atoms with Crippen molar-refractivity contribution in [3.05, 3.63) is 24.8 Å². The van der Waals surface area contributed by atoms with Crippen LogP contribution in [-0.4, -0.2) is 131 Å². The van der Waals surface area contributed by atoms with Gasteiger partial charge in [-0.15, -0.1) is 12.8 Å². The van der Waals surface area contributed by atoms with Crippen LogP contribution in [0.1, 0.15) is 155 Å². The number of nitrogens with zero attached hydrogens (tertiary/aromatic N) is 8. The summed E-state index contributed by atoms with van der Waals surface area (Å²) in [6.07, 6.45) is 28.3. The average Bonchev–Trinajstić information content (AvgIpc) is 1.19. The summed E-state index contributed by atoms with van der Waals surface area (Å²) in [5, 5.41) is 10.7. The van der Waals surface area contributed by atoms with Crippen molar-refractivity contribution in [1.82, 2.24) is 39.0 Å². The number of unbranched alkanes of at least 4 members (excludes halogenated alkanes) is 2. The molecule has 8 aliphatic carbocycles. The molecule has 10 aliphatic rings. The first kappa shape index (κ1) is 63.2. The van der Waals surface area contributed by atoms with Gasteiger partial charge in [0.1, 0.15) is 31.8 Å². The van der Waals surface area contributed by atoms with Crippen molar-refractivity contribution in [2.75, 3.05) is 51.1 Å². The van der Waals surface area contributed by atoms with Gasteiger partial charge >= 0.3 is 36.1 Å². The van der Waals surface area contributed by atoms with E-state index in [-0.39, 0.29) is 66.6 Å². The topological polar surface area (TPSA) is 311 Å². The number of aromatic nitrogens is 8. The number of aliphatic hydroxyl groups is 1. The maximum Gasteiger partial charge on any atom is 0.508 e. The summed E-state index contributed by atoms with van der Waals surface area (Å²) in [5.41, 5.74) is 9.01. The van der Waals surface area contributed by atoms with Gasteiger partial charge in [-0.2, -0.15) is 28.7 Å². The van der Waals surface area contributed by atoms with Crippen LogP contribution in [0.25, 0.3) is 22.3 Å². The second-order valence-corrected chi connectivity index (χ2v) is 25.4. The minimum absolute atomic E-state index is 0.00271. The van der Waals surface area contributed by atoms with Crippen molar-refractivity contribution in [3.63, 3.8) is 0 Å². The lowest BCUT2D eigenvalue weighted by molar-refractivity contribution is -0.105. The van der Waals surface area contributed by atoms with Crippen LogP contribution in [0, 0.1) is 83.2 Å². The number of aliphatic hydroxyl groups excluding tert-OH is 1. The van der Waals surface area contributed by atoms with Crippen LogP contribution in [0.3, 0.4) is 0 Å². The zero-order valence-corrected chi connectivity index (χ0v) is 49.8. The maximum atomic E-state index is 13.9. The molecule has 0 unspecified atom stereocenters. The lowest BCUT2D eigenvalue weighted by Crippen LogP contribution is -2.46. The third-order valence-corrected chi connectivity index (χ3v) is 19.2. The largest absolute Gasteiger partial charge is 0.508 e. The molecule has 87 heavy (non-hydrogen) atoms. The minimum Gasteiger partial charge on any atom is -0.454 e. The van der Waals surface area contributed by atoms with E-state index in [0.29, 0.717) is 17.4 Å². The molecule has 4 aromatic rings. The highest BCUT2D eigenvalue weighted by Crippen LogP contribution is 2.63. The maximum absolute atomic E-state index is 13.9. The Balaban J connectivity index is 0.000000177. The number of hydrogen-bond donors (Lipinski definition) is 3. The van der Waals surface area contributed by atoms with E-state index in [4.69, 9.17) is 73.8 Å². The Kier molecular flexibility index (Phi) is 19.5. The predicted octanol–water partition coefficient (Wildman–Crippen LogP) is 10.0. The van der Waals surface area contributed by atoms with E-state index >= 15 is 0 Å². The van der Waals surface area contributed by atoms with Gasteiger partial charge < -0.3 is 59.2 Å². The summed E-state index contributed by atoms with van der Waals surface area (Å²) in [6.45, 7) is 3.39. The van der Waals surface area contributed by atoms with Gasteiger partial charge in [-0.05, 0) is 176 Å². The summed E-state index contributed by atoms with van der Waals surface area (Å²) in [7, 11) is 0. The Hall–Kier alpha value is -6.87. The molecule has 8 bridgehead atoms. The molecule has 8 saturated carbocycles. The van der Waals surface area contributed by atoms with E-state index < -0.39 is 85.1 Å². The van der Waals surface area contributed by atoms with Crippen LogP contribution in [0.5, 0.6) is 0 Å². The molecule has 10 fully saturated rings. The molecule has 24 nitrogen and oxygen atoms in total. The quantitative estimate of drug-likeness (QED) is 0.0196. The molecular weight excluding hydrogens is 1160 g/mol. The smallest absolute Gasteiger partial charge is 0.454 e. The first-order valence-corrected chi connectivity index (χ1v) is 30.7. The number of nitrogen functional groups attached to an aromatic ring is 2. The summed E-state index contributed by atoms with van der Waals surface area (Å²) < 4.78 is 78.4. The molecule has 27 heteroatoms. The first-order chi connectivity index (χ1) is 41.8. The summed E-state index contributed by atoms with van der Waals surface area (Å²) in [5.74, 6) is 10.2. The first-order valence-electron chi connectivity index (χ1n) is 30.3. The van der Waals surface area contributed by atoms with Crippen molar-refractivity contribution >= 4 is 69.5 Å². The molecule has 0 amide bonds. The van der Waals surface area contributed by atoms with Gasteiger partial charge in [-0.1, -0.05) is 11.8 Å². The number of carbonyl (C=O) groups is 4. The molecule has 14 rings (SSSR count). The Morgan fingerprint density at radius 2 is 1.02 bits per heavy atom. The summed E-state index contributed by atoms with van der Waals surface area (Å²) in [6, 6.07) is 0. The van der Waals surface area contributed by atoms with E-state index in [0.717, 1.165) is 61.2 Å². The van der Waals surface area contributed by atoms with Gasteiger partial charge in [-0.3, -0.25) is 9.13 Å². The fourth-order valence-electron chi connectivity index (χ4n) is 16.3. The van der Waals surface area contributed by atoms with E-state index in [1.807, 2.05) is 0 Å². The second-order valence-electron chi connectivity index (χ2n) is 25.1. The number of rotatable bonds is 19. The van der Waals surface area contributed by atoms with E-state index in [1.165, 1.54) is 112 Å². The normalized spacial score (nSPS) is 32.0. The molecule has 4 aromatic heterocycles.